The number of aliphatic hydroxyl groups excluding tert-OH is 1. The lowest BCUT2D eigenvalue weighted by molar-refractivity contribution is -0.0925. The van der Waals surface area contributed by atoms with Gasteiger partial charge in [-0.15, -0.1) is 5.11 Å². The van der Waals surface area contributed by atoms with E-state index >= 15 is 0 Å². The topological polar surface area (TPSA) is 98.4 Å². The van der Waals surface area contributed by atoms with Crippen molar-refractivity contribution in [2.45, 2.75) is 43.6 Å². The quantitative estimate of drug-likeness (QED) is 0.402. The van der Waals surface area contributed by atoms with Gasteiger partial charge in [0, 0.05) is 5.56 Å². The highest BCUT2D eigenvalue weighted by atomic mass is 19.4. The predicted molar refractivity (Wildman–Crippen MR) is 95.5 cm³/mol. The molecule has 11 heteroatoms. The van der Waals surface area contributed by atoms with Crippen LogP contribution >= 0.6 is 0 Å². The molecular weight excluding hydrogens is 394 g/mol. The molecule has 0 aromatic heterocycles. The number of carbonyl (C=O) groups is 1. The fourth-order valence-electron chi connectivity index (χ4n) is 3.18. The first kappa shape index (κ1) is 20.9. The van der Waals surface area contributed by atoms with Crippen molar-refractivity contribution >= 4 is 11.9 Å². The SMILES string of the molecule is O=C(NC(=NC1C=C(C(F)(F)F)N=N1)NC1(CO)CCCC1)c1ccc(F)cc1. The van der Waals surface area contributed by atoms with Gasteiger partial charge in [-0.1, -0.05) is 12.8 Å². The number of carbonyl (C=O) groups excluding carboxylic acids is 1. The Morgan fingerprint density at radius 1 is 1.24 bits per heavy atom. The highest BCUT2D eigenvalue weighted by Gasteiger charge is 2.38. The van der Waals surface area contributed by atoms with Gasteiger partial charge in [0.25, 0.3) is 5.91 Å². The second kappa shape index (κ2) is 8.27. The summed E-state index contributed by atoms with van der Waals surface area (Å²) in [5, 5.41) is 21.7. The number of aliphatic hydroxyl groups is 1. The number of rotatable bonds is 4. The van der Waals surface area contributed by atoms with E-state index in [1.165, 1.54) is 12.1 Å². The lowest BCUT2D eigenvalue weighted by Crippen LogP contribution is -2.55. The van der Waals surface area contributed by atoms with Crippen molar-refractivity contribution in [3.8, 4) is 0 Å². The van der Waals surface area contributed by atoms with Crippen molar-refractivity contribution in [2.24, 2.45) is 15.2 Å². The number of nitrogens with one attached hydrogen (secondary N) is 2. The standard InChI is InChI=1S/C18H19F4N5O2/c19-12-5-3-11(4-6-12)15(29)24-16(25-17(10-28)7-1-2-8-17)23-14-9-13(26-27-14)18(20,21)22/h3-6,9,14,28H,1-2,7-8,10H2,(H2,23,24,25,29). The molecule has 0 spiro atoms. The fourth-order valence-corrected chi connectivity index (χ4v) is 3.18. The van der Waals surface area contributed by atoms with Gasteiger partial charge in [0.15, 0.2) is 11.9 Å². The number of azo groups is 1. The Kier molecular flexibility index (Phi) is 5.96. The third kappa shape index (κ3) is 5.17. The fraction of sp³-hybridized carbons (Fsp3) is 0.444. The summed E-state index contributed by atoms with van der Waals surface area (Å²) in [7, 11) is 0. The van der Waals surface area contributed by atoms with Crippen LogP contribution in [-0.4, -0.2) is 41.5 Å². The molecule has 1 saturated carbocycles. The number of aliphatic imine (C=N–C) groups is 1. The normalized spacial score (nSPS) is 21.2. The summed E-state index contributed by atoms with van der Waals surface area (Å²) in [5.41, 5.74) is -1.79. The van der Waals surface area contributed by atoms with E-state index < -0.39 is 35.3 Å². The van der Waals surface area contributed by atoms with Crippen molar-refractivity contribution in [3.05, 3.63) is 47.4 Å². The number of allylic oxidation sites excluding steroid dienone is 1. The summed E-state index contributed by atoms with van der Waals surface area (Å²) < 4.78 is 51.3. The molecule has 0 bridgehead atoms. The molecule has 1 aromatic carbocycles. The Labute approximate surface area is 163 Å². The Morgan fingerprint density at radius 3 is 2.45 bits per heavy atom. The minimum Gasteiger partial charge on any atom is -0.394 e. The van der Waals surface area contributed by atoms with Crippen molar-refractivity contribution in [1.82, 2.24) is 10.6 Å². The molecule has 1 unspecified atom stereocenters. The van der Waals surface area contributed by atoms with Crippen LogP contribution in [0.3, 0.4) is 0 Å². The van der Waals surface area contributed by atoms with E-state index in [0.717, 1.165) is 31.1 Å². The molecule has 1 fully saturated rings. The first-order chi connectivity index (χ1) is 13.7. The molecule has 3 rings (SSSR count). The molecule has 1 amide bonds. The van der Waals surface area contributed by atoms with Crippen LogP contribution in [0.2, 0.25) is 0 Å². The lowest BCUT2D eigenvalue weighted by Gasteiger charge is -2.30. The lowest BCUT2D eigenvalue weighted by atomic mass is 9.99. The van der Waals surface area contributed by atoms with Gasteiger partial charge in [0.1, 0.15) is 5.82 Å². The highest BCUT2D eigenvalue weighted by molar-refractivity contribution is 6.05. The van der Waals surface area contributed by atoms with E-state index in [1.807, 2.05) is 0 Å². The first-order valence-corrected chi connectivity index (χ1v) is 8.94. The maximum atomic E-state index is 13.1. The summed E-state index contributed by atoms with van der Waals surface area (Å²) in [6, 6.07) is 4.73. The molecule has 2 aliphatic rings. The van der Waals surface area contributed by atoms with Crippen LogP contribution < -0.4 is 10.6 Å². The number of hydrogen-bond donors (Lipinski definition) is 3. The zero-order valence-corrected chi connectivity index (χ0v) is 15.2. The minimum absolute atomic E-state index is 0.130. The summed E-state index contributed by atoms with van der Waals surface area (Å²) in [4.78, 5) is 16.5. The zero-order valence-electron chi connectivity index (χ0n) is 15.2. The molecule has 156 valence electrons. The maximum absolute atomic E-state index is 13.1. The van der Waals surface area contributed by atoms with E-state index in [0.29, 0.717) is 12.8 Å². The van der Waals surface area contributed by atoms with Gasteiger partial charge in [-0.3, -0.25) is 10.1 Å². The Bertz CT molecular complexity index is 843. The molecule has 0 radical (unpaired) electrons. The largest absolute Gasteiger partial charge is 0.435 e. The molecule has 1 aliphatic heterocycles. The molecule has 1 aliphatic carbocycles. The van der Waals surface area contributed by atoms with E-state index in [2.05, 4.69) is 25.9 Å². The van der Waals surface area contributed by atoms with Gasteiger partial charge in [-0.25, -0.2) is 9.38 Å². The van der Waals surface area contributed by atoms with Crippen LogP contribution in [0.15, 0.2) is 51.3 Å². The number of halogens is 4. The van der Waals surface area contributed by atoms with Gasteiger partial charge in [-0.2, -0.15) is 18.3 Å². The number of alkyl halides is 3. The molecular formula is C18H19F4N5O2. The zero-order chi connectivity index (χ0) is 21.1. The third-order valence-corrected chi connectivity index (χ3v) is 4.73. The van der Waals surface area contributed by atoms with E-state index in [4.69, 9.17) is 0 Å². The van der Waals surface area contributed by atoms with E-state index in [9.17, 15) is 27.5 Å². The average molecular weight is 413 g/mol. The number of hydrogen-bond acceptors (Lipinski definition) is 5. The summed E-state index contributed by atoms with van der Waals surface area (Å²) in [6.07, 6.45) is -2.32. The van der Waals surface area contributed by atoms with Crippen LogP contribution in [0.1, 0.15) is 36.0 Å². The predicted octanol–water partition coefficient (Wildman–Crippen LogP) is 3.04. The van der Waals surface area contributed by atoms with Crippen LogP contribution in [0.5, 0.6) is 0 Å². The second-order valence-electron chi connectivity index (χ2n) is 6.89. The van der Waals surface area contributed by atoms with E-state index in [1.54, 1.807) is 0 Å². The van der Waals surface area contributed by atoms with Crippen molar-refractivity contribution in [1.29, 1.82) is 0 Å². The van der Waals surface area contributed by atoms with Gasteiger partial charge in [-0.05, 0) is 43.2 Å². The Hall–Kier alpha value is -2.82. The molecule has 3 N–H and O–H groups in total. The summed E-state index contributed by atoms with van der Waals surface area (Å²) in [5.74, 6) is -1.30. The molecule has 1 aromatic rings. The molecule has 29 heavy (non-hydrogen) atoms. The van der Waals surface area contributed by atoms with Crippen LogP contribution in [0.25, 0.3) is 0 Å². The van der Waals surface area contributed by atoms with E-state index in [-0.39, 0.29) is 18.1 Å². The molecule has 1 atom stereocenters. The van der Waals surface area contributed by atoms with Crippen molar-refractivity contribution < 1.29 is 27.5 Å². The maximum Gasteiger partial charge on any atom is 0.435 e. The van der Waals surface area contributed by atoms with Crippen molar-refractivity contribution in [3.63, 3.8) is 0 Å². The van der Waals surface area contributed by atoms with Crippen LogP contribution in [-0.2, 0) is 0 Å². The van der Waals surface area contributed by atoms with Crippen LogP contribution in [0, 0.1) is 5.82 Å². The summed E-state index contributed by atoms with van der Waals surface area (Å²) >= 11 is 0. The molecule has 1 heterocycles. The average Bonchev–Trinajstić information content (AvgIpc) is 3.32. The number of amides is 1. The second-order valence-corrected chi connectivity index (χ2v) is 6.89. The van der Waals surface area contributed by atoms with Gasteiger partial charge >= 0.3 is 6.18 Å². The monoisotopic (exact) mass is 413 g/mol. The third-order valence-electron chi connectivity index (χ3n) is 4.73. The molecule has 0 saturated heterocycles. The number of benzene rings is 1. The van der Waals surface area contributed by atoms with Crippen LogP contribution in [0.4, 0.5) is 17.6 Å². The Balaban J connectivity index is 1.84. The number of nitrogens with zero attached hydrogens (tertiary/aromatic N) is 3. The molecule has 7 nitrogen and oxygen atoms in total. The van der Waals surface area contributed by atoms with Crippen molar-refractivity contribution in [2.75, 3.05) is 6.61 Å². The van der Waals surface area contributed by atoms with Gasteiger partial charge in [0.05, 0.1) is 12.1 Å². The van der Waals surface area contributed by atoms with Gasteiger partial charge < -0.3 is 10.4 Å². The smallest absolute Gasteiger partial charge is 0.394 e. The van der Waals surface area contributed by atoms with Gasteiger partial charge in [0.2, 0.25) is 5.96 Å². The number of guanidine groups is 1. The minimum atomic E-state index is -4.66. The Morgan fingerprint density at radius 2 is 1.90 bits per heavy atom. The summed E-state index contributed by atoms with van der Waals surface area (Å²) in [6.45, 7) is -0.242. The first-order valence-electron chi connectivity index (χ1n) is 8.94. The highest BCUT2D eigenvalue weighted by Crippen LogP contribution is 2.31.